The number of rotatable bonds is 1. The van der Waals surface area contributed by atoms with Crippen molar-refractivity contribution in [2.24, 2.45) is 17.1 Å². The normalized spacial score (nSPS) is 37.1. The van der Waals surface area contributed by atoms with Crippen LogP contribution in [0.5, 0.6) is 0 Å². The molecule has 0 spiro atoms. The van der Waals surface area contributed by atoms with Crippen LogP contribution < -0.4 is 5.73 Å². The number of nitrogens with two attached hydrogens (primary N) is 1. The Hall–Kier alpha value is -0.0800. The van der Waals surface area contributed by atoms with Gasteiger partial charge in [0.2, 0.25) is 0 Å². The lowest BCUT2D eigenvalue weighted by Gasteiger charge is -2.33. The molecule has 0 aromatic heterocycles. The fraction of sp³-hybridized carbons (Fsp3) is 1.00. The first kappa shape index (κ1) is 13.4. The topological polar surface area (TPSA) is 29.3 Å². The molecule has 3 atom stereocenters. The van der Waals surface area contributed by atoms with Gasteiger partial charge in [-0.3, -0.25) is 4.90 Å². The number of hydrogen-bond donors (Lipinski definition) is 1. The van der Waals surface area contributed by atoms with E-state index < -0.39 is 0 Å². The Kier molecular flexibility index (Phi) is 4.14. The second-order valence-corrected chi connectivity index (χ2v) is 7.22. The van der Waals surface area contributed by atoms with Gasteiger partial charge in [0.05, 0.1) is 0 Å². The molecule has 0 bridgehead atoms. The Morgan fingerprint density at radius 2 is 1.71 bits per heavy atom. The highest BCUT2D eigenvalue weighted by molar-refractivity contribution is 4.91. The van der Waals surface area contributed by atoms with Crippen molar-refractivity contribution in [2.45, 2.75) is 71.4 Å². The quantitative estimate of drug-likeness (QED) is 0.712. The zero-order valence-corrected chi connectivity index (χ0v) is 11.9. The van der Waals surface area contributed by atoms with Gasteiger partial charge in [0.1, 0.15) is 0 Å². The summed E-state index contributed by atoms with van der Waals surface area (Å²) < 4.78 is 0. The Bertz CT molecular complexity index is 244. The van der Waals surface area contributed by atoms with E-state index >= 15 is 0 Å². The molecule has 0 radical (unpaired) electrons. The van der Waals surface area contributed by atoms with Crippen LogP contribution in [-0.2, 0) is 0 Å². The van der Waals surface area contributed by atoms with E-state index in [9.17, 15) is 0 Å². The minimum Gasteiger partial charge on any atom is -0.326 e. The summed E-state index contributed by atoms with van der Waals surface area (Å²) in [5, 5.41) is 0. The van der Waals surface area contributed by atoms with Crippen LogP contribution in [0, 0.1) is 11.3 Å². The molecule has 100 valence electrons. The first-order valence-electron chi connectivity index (χ1n) is 7.48. The van der Waals surface area contributed by atoms with Crippen LogP contribution in [0.1, 0.15) is 59.3 Å². The second-order valence-electron chi connectivity index (χ2n) is 7.22. The number of nitrogens with zero attached hydrogens (tertiary/aromatic N) is 1. The van der Waals surface area contributed by atoms with Crippen LogP contribution in [-0.4, -0.2) is 30.1 Å². The van der Waals surface area contributed by atoms with Crippen molar-refractivity contribution >= 4 is 0 Å². The molecular formula is C15H30N2. The van der Waals surface area contributed by atoms with Crippen molar-refractivity contribution in [3.63, 3.8) is 0 Å². The van der Waals surface area contributed by atoms with E-state index in [4.69, 9.17) is 5.73 Å². The lowest BCUT2D eigenvalue weighted by atomic mass is 9.80. The molecule has 3 unspecified atom stereocenters. The predicted molar refractivity (Wildman–Crippen MR) is 74.0 cm³/mol. The van der Waals surface area contributed by atoms with Crippen LogP contribution >= 0.6 is 0 Å². The van der Waals surface area contributed by atoms with Crippen molar-refractivity contribution in [3.8, 4) is 0 Å². The zero-order chi connectivity index (χ0) is 12.5. The summed E-state index contributed by atoms with van der Waals surface area (Å²) in [6.45, 7) is 9.71. The van der Waals surface area contributed by atoms with E-state index in [1.165, 1.54) is 51.6 Å². The smallest absolute Gasteiger partial charge is 0.0247 e. The number of likely N-dealkylation sites (tertiary alicyclic amines) is 1. The molecule has 0 aromatic rings. The van der Waals surface area contributed by atoms with E-state index in [2.05, 4.69) is 25.7 Å². The molecular weight excluding hydrogens is 208 g/mol. The first-order valence-corrected chi connectivity index (χ1v) is 7.48. The van der Waals surface area contributed by atoms with Crippen LogP contribution in [0.3, 0.4) is 0 Å². The Labute approximate surface area is 107 Å². The molecule has 2 N–H and O–H groups in total. The number of hydrogen-bond acceptors (Lipinski definition) is 2. The molecule has 1 aliphatic heterocycles. The van der Waals surface area contributed by atoms with Gasteiger partial charge in [-0.1, -0.05) is 40.0 Å². The van der Waals surface area contributed by atoms with Crippen LogP contribution in [0.25, 0.3) is 0 Å². The summed E-state index contributed by atoms with van der Waals surface area (Å²) in [7, 11) is 0. The molecule has 2 aliphatic rings. The minimum atomic E-state index is 0.427. The molecule has 2 fully saturated rings. The highest BCUT2D eigenvalue weighted by Gasteiger charge is 2.36. The van der Waals surface area contributed by atoms with Gasteiger partial charge in [-0.2, -0.15) is 0 Å². The third kappa shape index (κ3) is 3.23. The standard InChI is InChI=1S/C15H30N2/c1-15(2,3)12-9-10-17(11-12)14-8-6-4-5-7-13(14)16/h12-14H,4-11,16H2,1-3H3. The van der Waals surface area contributed by atoms with E-state index in [1.807, 2.05) is 0 Å². The fourth-order valence-corrected chi connectivity index (χ4v) is 3.57. The van der Waals surface area contributed by atoms with Gasteiger partial charge < -0.3 is 5.73 Å². The monoisotopic (exact) mass is 238 g/mol. The molecule has 17 heavy (non-hydrogen) atoms. The van der Waals surface area contributed by atoms with E-state index in [1.54, 1.807) is 0 Å². The molecule has 1 heterocycles. The molecule has 2 rings (SSSR count). The largest absolute Gasteiger partial charge is 0.326 e. The molecule has 1 aliphatic carbocycles. The van der Waals surface area contributed by atoms with Crippen LogP contribution in [0.15, 0.2) is 0 Å². The fourth-order valence-electron chi connectivity index (χ4n) is 3.57. The summed E-state index contributed by atoms with van der Waals surface area (Å²) in [5.74, 6) is 0.859. The van der Waals surface area contributed by atoms with E-state index in [0.29, 0.717) is 17.5 Å². The third-order valence-electron chi connectivity index (χ3n) is 4.95. The highest BCUT2D eigenvalue weighted by Crippen LogP contribution is 2.36. The average Bonchev–Trinajstić information content (AvgIpc) is 2.63. The Morgan fingerprint density at radius 3 is 2.35 bits per heavy atom. The van der Waals surface area contributed by atoms with E-state index in [0.717, 1.165) is 5.92 Å². The molecule has 0 amide bonds. The van der Waals surface area contributed by atoms with Gasteiger partial charge in [0.25, 0.3) is 0 Å². The van der Waals surface area contributed by atoms with Crippen molar-refractivity contribution in [1.82, 2.24) is 4.90 Å². The third-order valence-corrected chi connectivity index (χ3v) is 4.95. The summed E-state index contributed by atoms with van der Waals surface area (Å²) >= 11 is 0. The lowest BCUT2D eigenvalue weighted by molar-refractivity contribution is 0.169. The van der Waals surface area contributed by atoms with Crippen molar-refractivity contribution in [2.75, 3.05) is 13.1 Å². The molecule has 2 heteroatoms. The van der Waals surface area contributed by atoms with Gasteiger partial charge in [0.15, 0.2) is 0 Å². The van der Waals surface area contributed by atoms with Gasteiger partial charge >= 0.3 is 0 Å². The van der Waals surface area contributed by atoms with Crippen molar-refractivity contribution in [1.29, 1.82) is 0 Å². The summed E-state index contributed by atoms with van der Waals surface area (Å²) in [5.41, 5.74) is 6.83. The zero-order valence-electron chi connectivity index (χ0n) is 11.9. The molecule has 1 saturated carbocycles. The van der Waals surface area contributed by atoms with Crippen molar-refractivity contribution < 1.29 is 0 Å². The maximum Gasteiger partial charge on any atom is 0.0247 e. The SMILES string of the molecule is CC(C)(C)C1CCN(C2CCCCCC2N)C1. The summed E-state index contributed by atoms with van der Waals surface area (Å²) in [6, 6.07) is 1.10. The van der Waals surface area contributed by atoms with Gasteiger partial charge in [-0.05, 0) is 37.1 Å². The average molecular weight is 238 g/mol. The van der Waals surface area contributed by atoms with Gasteiger partial charge in [-0.25, -0.2) is 0 Å². The second kappa shape index (κ2) is 5.27. The van der Waals surface area contributed by atoms with Gasteiger partial charge in [-0.15, -0.1) is 0 Å². The summed E-state index contributed by atoms with van der Waals surface area (Å²) in [4.78, 5) is 2.70. The van der Waals surface area contributed by atoms with Crippen LogP contribution in [0.2, 0.25) is 0 Å². The maximum absolute atomic E-state index is 6.37. The predicted octanol–water partition coefficient (Wildman–Crippen LogP) is 3.01. The minimum absolute atomic E-state index is 0.427. The molecule has 2 nitrogen and oxygen atoms in total. The summed E-state index contributed by atoms with van der Waals surface area (Å²) in [6.07, 6.45) is 8.05. The van der Waals surface area contributed by atoms with Crippen LogP contribution in [0.4, 0.5) is 0 Å². The highest BCUT2D eigenvalue weighted by atomic mass is 15.2. The Morgan fingerprint density at radius 1 is 1.00 bits per heavy atom. The molecule has 0 aromatic carbocycles. The van der Waals surface area contributed by atoms with Crippen molar-refractivity contribution in [3.05, 3.63) is 0 Å². The first-order chi connectivity index (χ1) is 7.98. The lowest BCUT2D eigenvalue weighted by Crippen LogP contribution is -2.46. The Balaban J connectivity index is 1.94. The van der Waals surface area contributed by atoms with Gasteiger partial charge in [0, 0.05) is 18.6 Å². The maximum atomic E-state index is 6.37. The van der Waals surface area contributed by atoms with E-state index in [-0.39, 0.29) is 0 Å². The molecule has 1 saturated heterocycles.